The molecular weight excluding hydrogens is 622 g/mol. The summed E-state index contributed by atoms with van der Waals surface area (Å²) < 4.78 is 27.0. The lowest BCUT2D eigenvalue weighted by molar-refractivity contribution is 0.00500. The molecule has 0 radical (unpaired) electrons. The van der Waals surface area contributed by atoms with Gasteiger partial charge >= 0.3 is 0 Å². The maximum atomic E-state index is 6.47. The van der Waals surface area contributed by atoms with Crippen LogP contribution in [0.2, 0.25) is 5.02 Å². The van der Waals surface area contributed by atoms with Crippen LogP contribution in [-0.4, -0.2) is 97.7 Å². The highest BCUT2D eigenvalue weighted by Crippen LogP contribution is 2.36. The topological polar surface area (TPSA) is 127 Å². The van der Waals surface area contributed by atoms with E-state index in [2.05, 4.69) is 34.9 Å². The van der Waals surface area contributed by atoms with E-state index >= 15 is 0 Å². The van der Waals surface area contributed by atoms with Gasteiger partial charge in [-0.1, -0.05) is 17.7 Å². The molecule has 47 heavy (non-hydrogen) atoms. The van der Waals surface area contributed by atoms with Crippen LogP contribution >= 0.6 is 11.6 Å². The number of methoxy groups -OCH3 is 1. The summed E-state index contributed by atoms with van der Waals surface area (Å²) in [6, 6.07) is 6.57. The van der Waals surface area contributed by atoms with Crippen LogP contribution in [0.15, 0.2) is 49.4 Å². The summed E-state index contributed by atoms with van der Waals surface area (Å²) >= 11 is 6.47. The van der Waals surface area contributed by atoms with Gasteiger partial charge < -0.3 is 24.3 Å². The summed E-state index contributed by atoms with van der Waals surface area (Å²) in [5.41, 5.74) is 2.46. The molecule has 252 valence electrons. The van der Waals surface area contributed by atoms with Gasteiger partial charge in [0.2, 0.25) is 5.95 Å². The van der Waals surface area contributed by atoms with E-state index < -0.39 is 0 Å². The van der Waals surface area contributed by atoms with E-state index in [0.29, 0.717) is 47.8 Å². The van der Waals surface area contributed by atoms with Crippen LogP contribution in [0.1, 0.15) is 52.0 Å². The molecule has 0 spiro atoms. The minimum absolute atomic E-state index is 0.0700. The number of benzene rings is 1. The normalized spacial score (nSPS) is 20.1. The Morgan fingerprint density at radius 1 is 1.00 bits per heavy atom. The van der Waals surface area contributed by atoms with Crippen LogP contribution < -0.4 is 14.8 Å². The molecule has 1 saturated carbocycles. The second-order valence-electron chi connectivity index (χ2n) is 12.3. The summed E-state index contributed by atoms with van der Waals surface area (Å²) in [6.45, 7) is 8.87. The smallest absolute Gasteiger partial charge is 0.257 e. The minimum atomic E-state index is -0.165. The van der Waals surface area contributed by atoms with Crippen molar-refractivity contribution in [1.82, 2.24) is 39.4 Å². The van der Waals surface area contributed by atoms with Crippen LogP contribution in [0, 0.1) is 0 Å². The van der Waals surface area contributed by atoms with E-state index in [1.54, 1.807) is 30.5 Å². The van der Waals surface area contributed by atoms with Crippen molar-refractivity contribution in [2.75, 3.05) is 45.3 Å². The Balaban J connectivity index is 1.13. The molecule has 1 saturated heterocycles. The van der Waals surface area contributed by atoms with E-state index in [-0.39, 0.29) is 12.2 Å². The quantitative estimate of drug-likeness (QED) is 0.186. The molecular formula is C33H44ClN9O4. The molecule has 13 nitrogen and oxygen atoms in total. The first-order chi connectivity index (χ1) is 22.9. The van der Waals surface area contributed by atoms with Gasteiger partial charge in [0, 0.05) is 57.2 Å². The zero-order valence-corrected chi connectivity index (χ0v) is 28.1. The van der Waals surface area contributed by atoms with Gasteiger partial charge in [-0.3, -0.25) is 9.58 Å². The first-order valence-electron chi connectivity index (χ1n) is 16.4. The molecule has 3 aromatic heterocycles. The Morgan fingerprint density at radius 2 is 1.77 bits per heavy atom. The Hall–Kier alpha value is -3.78. The number of nitrogens with one attached hydrogen (secondary N) is 1. The molecule has 1 aromatic carbocycles. The second kappa shape index (κ2) is 15.9. The van der Waals surface area contributed by atoms with Crippen molar-refractivity contribution in [3.8, 4) is 22.8 Å². The van der Waals surface area contributed by atoms with Crippen molar-refractivity contribution in [2.24, 2.45) is 0 Å². The van der Waals surface area contributed by atoms with Gasteiger partial charge in [0.15, 0.2) is 0 Å². The monoisotopic (exact) mass is 665 g/mol. The second-order valence-corrected chi connectivity index (χ2v) is 12.7. The number of ether oxygens (including phenoxy) is 4. The molecule has 4 aromatic rings. The highest BCUT2D eigenvalue weighted by Gasteiger charge is 2.29. The predicted molar refractivity (Wildman–Crippen MR) is 178 cm³/mol. The average molecular weight is 666 g/mol. The van der Waals surface area contributed by atoms with Gasteiger partial charge in [-0.15, -0.1) is 5.10 Å². The molecule has 6 rings (SSSR count). The van der Waals surface area contributed by atoms with Crippen molar-refractivity contribution in [2.45, 2.75) is 76.8 Å². The van der Waals surface area contributed by atoms with Crippen LogP contribution in [0.5, 0.6) is 11.6 Å². The van der Waals surface area contributed by atoms with Crippen LogP contribution in [0.3, 0.4) is 0 Å². The van der Waals surface area contributed by atoms with E-state index in [4.69, 9.17) is 35.6 Å². The largest absolute Gasteiger partial charge is 0.487 e. The Morgan fingerprint density at radius 3 is 2.49 bits per heavy atom. The summed E-state index contributed by atoms with van der Waals surface area (Å²) in [6.07, 6.45) is 13.7. The number of rotatable bonds is 14. The lowest BCUT2D eigenvalue weighted by Gasteiger charge is -2.38. The highest BCUT2D eigenvalue weighted by atomic mass is 35.5. The molecule has 4 heterocycles. The van der Waals surface area contributed by atoms with Crippen molar-refractivity contribution in [3.63, 3.8) is 0 Å². The summed E-state index contributed by atoms with van der Waals surface area (Å²) in [4.78, 5) is 15.8. The first-order valence-corrected chi connectivity index (χ1v) is 16.8. The third kappa shape index (κ3) is 8.78. The van der Waals surface area contributed by atoms with Crippen LogP contribution in [0.4, 0.5) is 11.6 Å². The molecule has 2 fully saturated rings. The number of nitrogens with zero attached hydrogens (tertiary/aromatic N) is 8. The number of aromatic nitrogens is 7. The molecule has 1 unspecified atom stereocenters. The van der Waals surface area contributed by atoms with Gasteiger partial charge in [-0.2, -0.15) is 5.10 Å². The molecule has 14 heteroatoms. The molecule has 1 N–H and O–H groups in total. The Kier molecular flexibility index (Phi) is 11.2. The zero-order valence-electron chi connectivity index (χ0n) is 27.3. The molecule has 0 amide bonds. The molecule has 2 aliphatic rings. The lowest BCUT2D eigenvalue weighted by atomic mass is 9.90. The fourth-order valence-electron chi connectivity index (χ4n) is 6.18. The highest BCUT2D eigenvalue weighted by molar-refractivity contribution is 6.32. The first kappa shape index (κ1) is 33.1. The molecule has 0 bridgehead atoms. The Labute approximate surface area is 280 Å². The maximum absolute atomic E-state index is 6.47. The van der Waals surface area contributed by atoms with Crippen LogP contribution in [0.25, 0.3) is 11.1 Å². The third-order valence-corrected chi connectivity index (χ3v) is 9.06. The van der Waals surface area contributed by atoms with Gasteiger partial charge in [0.1, 0.15) is 30.2 Å². The fourth-order valence-corrected chi connectivity index (χ4v) is 6.34. The third-order valence-electron chi connectivity index (χ3n) is 8.74. The van der Waals surface area contributed by atoms with Gasteiger partial charge in [-0.05, 0) is 57.2 Å². The van der Waals surface area contributed by atoms with Crippen molar-refractivity contribution in [1.29, 1.82) is 0 Å². The van der Waals surface area contributed by atoms with E-state index in [1.165, 1.54) is 6.33 Å². The fraction of sp³-hybridized carbons (Fsp3) is 0.545. The van der Waals surface area contributed by atoms with Crippen molar-refractivity contribution >= 4 is 23.2 Å². The molecule has 2 atom stereocenters. The summed E-state index contributed by atoms with van der Waals surface area (Å²) in [5, 5.41) is 12.9. The lowest BCUT2D eigenvalue weighted by Crippen LogP contribution is -2.45. The average Bonchev–Trinajstić information content (AvgIpc) is 3.75. The number of hydrogen-bond donors (Lipinski definition) is 1. The number of anilines is 2. The van der Waals surface area contributed by atoms with E-state index in [0.717, 1.165) is 75.2 Å². The van der Waals surface area contributed by atoms with E-state index in [9.17, 15) is 0 Å². The number of halogens is 1. The van der Waals surface area contributed by atoms with Crippen LogP contribution in [-0.2, 0) is 16.0 Å². The van der Waals surface area contributed by atoms with Gasteiger partial charge in [0.25, 0.3) is 5.88 Å². The molecule has 1 aliphatic carbocycles. The minimum Gasteiger partial charge on any atom is -0.487 e. The Bertz CT molecular complexity index is 1540. The predicted octanol–water partition coefficient (Wildman–Crippen LogP) is 5.42. The standard InChI is InChI=1S/C33H44ClN9O4/c1-23(10-13-44-3)47-32-30(20-43(40-32)28-7-5-27(6-8-28)41-11-14-45-15-12-41)39-33-36-17-26(18-37-33)25-4-9-29(34)31(16-25)46-24(2)19-42-22-35-21-38-42/h4,9,16-18,20-24,27-28H,5-8,10-15,19H2,1-3H3,(H,36,37,39)/t23?,24-,27?,28?/m0/s1. The molecule has 1 aliphatic heterocycles. The maximum Gasteiger partial charge on any atom is 0.257 e. The SMILES string of the molecule is COCCC(C)Oc1nn(C2CCC(N3CCOCC3)CC2)cc1Nc1ncc(-c2ccc(Cl)c(O[C@@H](C)Cn3cncn3)c2)cn1. The number of hydrogen-bond acceptors (Lipinski definition) is 11. The summed E-state index contributed by atoms with van der Waals surface area (Å²) in [5.74, 6) is 1.57. The van der Waals surface area contributed by atoms with Gasteiger partial charge in [0.05, 0.1) is 43.1 Å². The van der Waals surface area contributed by atoms with Crippen molar-refractivity contribution < 1.29 is 18.9 Å². The zero-order chi connectivity index (χ0) is 32.6. The van der Waals surface area contributed by atoms with E-state index in [1.807, 2.05) is 38.2 Å². The van der Waals surface area contributed by atoms with Crippen molar-refractivity contribution in [3.05, 3.63) is 54.5 Å². The van der Waals surface area contributed by atoms with Gasteiger partial charge in [-0.25, -0.2) is 19.6 Å². The summed E-state index contributed by atoms with van der Waals surface area (Å²) in [7, 11) is 1.70. The number of morpholine rings is 1.